The lowest BCUT2D eigenvalue weighted by Gasteiger charge is -2.11. The number of pyridine rings is 1. The largest absolute Gasteiger partial charge is 0.436 e. The number of benzene rings is 1. The highest BCUT2D eigenvalue weighted by Gasteiger charge is 2.16. The first-order valence-corrected chi connectivity index (χ1v) is 8.68. The van der Waals surface area contributed by atoms with Crippen molar-refractivity contribution in [1.82, 2.24) is 35.4 Å². The molecule has 3 aromatic heterocycles. The van der Waals surface area contributed by atoms with Crippen LogP contribution in [0.15, 0.2) is 48.8 Å². The molecular formula is C18H17FN8O2. The van der Waals surface area contributed by atoms with Crippen molar-refractivity contribution >= 4 is 0 Å². The number of rotatable bonds is 6. The number of tetrazole rings is 1. The summed E-state index contributed by atoms with van der Waals surface area (Å²) < 4.78 is 19.8. The van der Waals surface area contributed by atoms with E-state index in [9.17, 15) is 9.50 Å². The minimum absolute atomic E-state index is 0.148. The average molecular weight is 396 g/mol. The number of nitrogens with two attached hydrogens (primary N) is 1. The fraction of sp³-hybridized carbons (Fsp3) is 0.167. The van der Waals surface area contributed by atoms with Crippen LogP contribution in [0.5, 0.6) is 11.6 Å². The van der Waals surface area contributed by atoms with Crippen LogP contribution in [-0.4, -0.2) is 46.5 Å². The summed E-state index contributed by atoms with van der Waals surface area (Å²) in [6, 6.07) is 9.11. The second-order valence-corrected chi connectivity index (χ2v) is 6.31. The standard InChI is InChI=1S/C18H17FN8O2/c1-10(20)18(28)27-25-16(24-26-27)11-2-4-13(5-3-11)29-17-14(19)8-12(9-21-17)15-6-7-22-23-15/h2-10,18,28H,20H2,1H3,(H,22,23)/t10?,18-/m0/s1. The minimum Gasteiger partial charge on any atom is -0.436 e. The van der Waals surface area contributed by atoms with E-state index < -0.39 is 18.1 Å². The lowest BCUT2D eigenvalue weighted by Crippen LogP contribution is -2.30. The maximum Gasteiger partial charge on any atom is 0.255 e. The zero-order valence-electron chi connectivity index (χ0n) is 15.3. The molecule has 2 atom stereocenters. The Morgan fingerprint density at radius 3 is 2.66 bits per heavy atom. The van der Waals surface area contributed by atoms with Gasteiger partial charge in [-0.15, -0.1) is 15.0 Å². The lowest BCUT2D eigenvalue weighted by atomic mass is 10.2. The van der Waals surface area contributed by atoms with Gasteiger partial charge in [-0.2, -0.15) is 5.10 Å². The molecule has 0 amide bonds. The normalized spacial score (nSPS) is 13.2. The van der Waals surface area contributed by atoms with E-state index in [-0.39, 0.29) is 5.88 Å². The van der Waals surface area contributed by atoms with Gasteiger partial charge in [-0.25, -0.2) is 9.37 Å². The number of aliphatic hydroxyl groups excluding tert-OH is 1. The summed E-state index contributed by atoms with van der Waals surface area (Å²) >= 11 is 0. The molecule has 0 spiro atoms. The smallest absolute Gasteiger partial charge is 0.255 e. The van der Waals surface area contributed by atoms with Crippen molar-refractivity contribution in [2.75, 3.05) is 0 Å². The van der Waals surface area contributed by atoms with E-state index in [1.54, 1.807) is 43.5 Å². The van der Waals surface area contributed by atoms with Crippen LogP contribution in [0.1, 0.15) is 13.2 Å². The molecule has 0 radical (unpaired) electrons. The predicted octanol–water partition coefficient (Wildman–Crippen LogP) is 1.89. The maximum absolute atomic E-state index is 14.3. The SMILES string of the molecule is CC(N)[C@H](O)n1nnc(-c2ccc(Oc3ncc(-c4ccn[nH]4)cc3F)cc2)n1. The van der Waals surface area contributed by atoms with Gasteiger partial charge in [0.1, 0.15) is 5.75 Å². The highest BCUT2D eigenvalue weighted by Crippen LogP contribution is 2.27. The fourth-order valence-corrected chi connectivity index (χ4v) is 2.51. The van der Waals surface area contributed by atoms with Crippen molar-refractivity contribution in [2.24, 2.45) is 5.73 Å². The van der Waals surface area contributed by atoms with E-state index in [4.69, 9.17) is 10.5 Å². The predicted molar refractivity (Wildman–Crippen MR) is 100 cm³/mol. The molecule has 4 aromatic rings. The number of hydrogen-bond donors (Lipinski definition) is 3. The molecule has 0 aliphatic rings. The number of nitrogens with one attached hydrogen (secondary N) is 1. The third-order valence-electron chi connectivity index (χ3n) is 4.08. The fourth-order valence-electron chi connectivity index (χ4n) is 2.51. The number of halogens is 1. The monoisotopic (exact) mass is 396 g/mol. The van der Waals surface area contributed by atoms with E-state index >= 15 is 0 Å². The number of hydrogen-bond acceptors (Lipinski definition) is 8. The Labute approximate surface area is 164 Å². The molecule has 11 heteroatoms. The van der Waals surface area contributed by atoms with Gasteiger partial charge in [0.2, 0.25) is 5.82 Å². The topological polar surface area (TPSA) is 141 Å². The summed E-state index contributed by atoms with van der Waals surface area (Å²) in [5, 5.41) is 28.2. The summed E-state index contributed by atoms with van der Waals surface area (Å²) in [5.74, 6) is -0.0530. The molecule has 0 aliphatic carbocycles. The van der Waals surface area contributed by atoms with E-state index in [0.717, 1.165) is 4.80 Å². The Morgan fingerprint density at radius 2 is 2.00 bits per heavy atom. The zero-order valence-corrected chi connectivity index (χ0v) is 15.3. The molecular weight excluding hydrogens is 379 g/mol. The molecule has 0 bridgehead atoms. The van der Waals surface area contributed by atoms with Gasteiger partial charge in [0.25, 0.3) is 5.88 Å². The van der Waals surface area contributed by atoms with Gasteiger partial charge >= 0.3 is 0 Å². The van der Waals surface area contributed by atoms with Gasteiger partial charge in [-0.1, -0.05) is 0 Å². The van der Waals surface area contributed by atoms with Gasteiger partial charge in [0, 0.05) is 23.5 Å². The molecule has 0 saturated carbocycles. The van der Waals surface area contributed by atoms with Crippen LogP contribution in [0.25, 0.3) is 22.6 Å². The van der Waals surface area contributed by atoms with Gasteiger partial charge in [-0.05, 0) is 48.5 Å². The molecule has 148 valence electrons. The van der Waals surface area contributed by atoms with Crippen LogP contribution in [0, 0.1) is 5.82 Å². The van der Waals surface area contributed by atoms with Gasteiger partial charge in [0.05, 0.1) is 11.7 Å². The quantitative estimate of drug-likeness (QED) is 0.449. The van der Waals surface area contributed by atoms with Gasteiger partial charge < -0.3 is 15.6 Å². The third-order valence-corrected chi connectivity index (χ3v) is 4.08. The first-order chi connectivity index (χ1) is 14.0. The van der Waals surface area contributed by atoms with E-state index in [0.29, 0.717) is 28.4 Å². The average Bonchev–Trinajstić information content (AvgIpc) is 3.42. The number of ether oxygens (including phenoxy) is 1. The first-order valence-electron chi connectivity index (χ1n) is 8.68. The highest BCUT2D eigenvalue weighted by molar-refractivity contribution is 5.58. The molecule has 3 heterocycles. The van der Waals surface area contributed by atoms with Crippen molar-refractivity contribution in [3.05, 3.63) is 54.6 Å². The van der Waals surface area contributed by atoms with Crippen LogP contribution in [0.3, 0.4) is 0 Å². The van der Waals surface area contributed by atoms with Crippen LogP contribution < -0.4 is 10.5 Å². The molecule has 4 rings (SSSR count). The van der Waals surface area contributed by atoms with Crippen LogP contribution in [-0.2, 0) is 0 Å². The molecule has 0 fully saturated rings. The summed E-state index contributed by atoms with van der Waals surface area (Å²) in [7, 11) is 0. The van der Waals surface area contributed by atoms with Crippen molar-refractivity contribution in [3.63, 3.8) is 0 Å². The maximum atomic E-state index is 14.3. The van der Waals surface area contributed by atoms with E-state index in [2.05, 4.69) is 30.6 Å². The summed E-state index contributed by atoms with van der Waals surface area (Å²) in [6.07, 6.45) is 1.99. The van der Waals surface area contributed by atoms with Gasteiger partial charge in [0.15, 0.2) is 12.0 Å². The Balaban J connectivity index is 1.49. The summed E-state index contributed by atoms with van der Waals surface area (Å²) in [5.41, 5.74) is 7.48. The van der Waals surface area contributed by atoms with Crippen molar-refractivity contribution in [3.8, 4) is 34.3 Å². The molecule has 0 saturated heterocycles. The Kier molecular flexibility index (Phi) is 4.97. The zero-order chi connectivity index (χ0) is 20.4. The number of aliphatic hydroxyl groups is 1. The van der Waals surface area contributed by atoms with Crippen molar-refractivity contribution in [2.45, 2.75) is 19.2 Å². The lowest BCUT2D eigenvalue weighted by molar-refractivity contribution is 0.0536. The molecule has 4 N–H and O–H groups in total. The summed E-state index contributed by atoms with van der Waals surface area (Å²) in [4.78, 5) is 5.07. The second-order valence-electron chi connectivity index (χ2n) is 6.31. The first kappa shape index (κ1) is 18.7. The third kappa shape index (κ3) is 3.95. The van der Waals surface area contributed by atoms with Crippen LogP contribution >= 0.6 is 0 Å². The van der Waals surface area contributed by atoms with E-state index in [1.807, 2.05) is 0 Å². The molecule has 10 nitrogen and oxygen atoms in total. The van der Waals surface area contributed by atoms with Gasteiger partial charge in [-0.3, -0.25) is 5.10 Å². The number of nitrogens with zero attached hydrogens (tertiary/aromatic N) is 6. The second kappa shape index (κ2) is 7.73. The molecule has 1 aromatic carbocycles. The molecule has 0 aliphatic heterocycles. The van der Waals surface area contributed by atoms with Crippen molar-refractivity contribution in [1.29, 1.82) is 0 Å². The number of H-pyrrole nitrogens is 1. The van der Waals surface area contributed by atoms with Crippen LogP contribution in [0.4, 0.5) is 4.39 Å². The Morgan fingerprint density at radius 1 is 1.21 bits per heavy atom. The summed E-state index contributed by atoms with van der Waals surface area (Å²) in [6.45, 7) is 1.63. The molecule has 1 unspecified atom stereocenters. The van der Waals surface area contributed by atoms with Crippen LogP contribution in [0.2, 0.25) is 0 Å². The van der Waals surface area contributed by atoms with Crippen molar-refractivity contribution < 1.29 is 14.2 Å². The minimum atomic E-state index is -1.07. The Bertz CT molecular complexity index is 1100. The molecule has 29 heavy (non-hydrogen) atoms. The Hall–Kier alpha value is -3.70. The number of aromatic nitrogens is 7. The number of aromatic amines is 1. The van der Waals surface area contributed by atoms with E-state index in [1.165, 1.54) is 12.3 Å². The highest BCUT2D eigenvalue weighted by atomic mass is 19.1.